The van der Waals surface area contributed by atoms with Crippen LogP contribution in [0.25, 0.3) is 4.96 Å². The van der Waals surface area contributed by atoms with Gasteiger partial charge in [-0.25, -0.2) is 0 Å². The van der Waals surface area contributed by atoms with Crippen LogP contribution in [0.1, 0.15) is 16.1 Å². The van der Waals surface area contributed by atoms with E-state index in [0.717, 1.165) is 21.3 Å². The summed E-state index contributed by atoms with van der Waals surface area (Å²) in [6.07, 6.45) is 2.56. The minimum Gasteiger partial charge on any atom is -0.437 e. The van der Waals surface area contributed by atoms with Crippen LogP contribution in [0.2, 0.25) is 0 Å². The Bertz CT molecular complexity index is 763. The second-order valence-electron chi connectivity index (χ2n) is 3.99. The highest BCUT2D eigenvalue weighted by Crippen LogP contribution is 2.30. The quantitative estimate of drug-likeness (QED) is 0.677. The van der Waals surface area contributed by atoms with Crippen LogP contribution in [0.3, 0.4) is 0 Å². The molecule has 6 heteroatoms. The van der Waals surface area contributed by atoms with E-state index in [9.17, 15) is 4.79 Å². The van der Waals surface area contributed by atoms with Crippen LogP contribution in [0.5, 0.6) is 11.6 Å². The fourth-order valence-electron chi connectivity index (χ4n) is 1.80. The lowest BCUT2D eigenvalue weighted by molar-refractivity contribution is 0.111. The summed E-state index contributed by atoms with van der Waals surface area (Å²) in [4.78, 5) is 16.2. The molecule has 96 valence electrons. The molecule has 3 rings (SSSR count). The largest absolute Gasteiger partial charge is 0.437 e. The minimum atomic E-state index is 0.340. The van der Waals surface area contributed by atoms with Gasteiger partial charge in [-0.3, -0.25) is 9.20 Å². The van der Waals surface area contributed by atoms with E-state index in [1.54, 1.807) is 10.6 Å². The van der Waals surface area contributed by atoms with Gasteiger partial charge in [0.1, 0.15) is 5.75 Å². The minimum absolute atomic E-state index is 0.340. The summed E-state index contributed by atoms with van der Waals surface area (Å²) >= 11 is 4.86. The van der Waals surface area contributed by atoms with E-state index in [4.69, 9.17) is 4.74 Å². The van der Waals surface area contributed by atoms with Gasteiger partial charge in [0.15, 0.2) is 16.9 Å². The lowest BCUT2D eigenvalue weighted by Crippen LogP contribution is -1.93. The molecule has 2 aromatic heterocycles. The molecular formula is C13H9BrN2O2S. The van der Waals surface area contributed by atoms with Crippen molar-refractivity contribution in [3.63, 3.8) is 0 Å². The number of aryl methyl sites for hydroxylation is 1. The lowest BCUT2D eigenvalue weighted by atomic mass is 10.2. The third kappa shape index (κ3) is 2.17. The van der Waals surface area contributed by atoms with Gasteiger partial charge in [-0.1, -0.05) is 15.9 Å². The molecule has 2 heterocycles. The molecule has 0 amide bonds. The Hall–Kier alpha value is -1.66. The van der Waals surface area contributed by atoms with Crippen LogP contribution in [0.15, 0.2) is 34.2 Å². The summed E-state index contributed by atoms with van der Waals surface area (Å²) in [6.45, 7) is 1.94. The van der Waals surface area contributed by atoms with Crippen molar-refractivity contribution in [1.82, 2.24) is 9.38 Å². The van der Waals surface area contributed by atoms with E-state index < -0.39 is 0 Å². The molecule has 0 bridgehead atoms. The van der Waals surface area contributed by atoms with Crippen molar-refractivity contribution in [2.45, 2.75) is 6.92 Å². The highest BCUT2D eigenvalue weighted by molar-refractivity contribution is 9.10. The summed E-state index contributed by atoms with van der Waals surface area (Å²) < 4.78 is 8.46. The van der Waals surface area contributed by atoms with Crippen LogP contribution in [0.4, 0.5) is 0 Å². The number of benzene rings is 1. The Morgan fingerprint density at radius 1 is 1.47 bits per heavy atom. The first-order valence-corrected chi connectivity index (χ1v) is 7.21. The molecule has 0 atom stereocenters. The number of rotatable bonds is 3. The van der Waals surface area contributed by atoms with Crippen molar-refractivity contribution in [1.29, 1.82) is 0 Å². The second-order valence-corrected chi connectivity index (χ2v) is 5.78. The fraction of sp³-hybridized carbons (Fsp3) is 0.0769. The second kappa shape index (κ2) is 4.79. The standard InChI is InChI=1S/C13H9BrN2O2S/c1-8-6-9(14)2-3-11(8)18-12-10(7-17)16-4-5-19-13(16)15-12/h2-7H,1H3. The van der Waals surface area contributed by atoms with E-state index in [0.29, 0.717) is 17.3 Å². The SMILES string of the molecule is Cc1cc(Br)ccc1Oc1nc2sccn2c1C=O. The van der Waals surface area contributed by atoms with Crippen molar-refractivity contribution in [3.8, 4) is 11.6 Å². The van der Waals surface area contributed by atoms with Gasteiger partial charge >= 0.3 is 0 Å². The molecule has 0 saturated carbocycles. The van der Waals surface area contributed by atoms with Gasteiger partial charge in [0.05, 0.1) is 0 Å². The first kappa shape index (κ1) is 12.4. The summed E-state index contributed by atoms with van der Waals surface area (Å²) in [7, 11) is 0. The first-order valence-electron chi connectivity index (χ1n) is 5.54. The van der Waals surface area contributed by atoms with Gasteiger partial charge in [-0.05, 0) is 30.7 Å². The summed E-state index contributed by atoms with van der Waals surface area (Å²) in [5, 5.41) is 1.88. The van der Waals surface area contributed by atoms with Gasteiger partial charge in [-0.15, -0.1) is 11.3 Å². The number of hydrogen-bond donors (Lipinski definition) is 0. The lowest BCUT2D eigenvalue weighted by Gasteiger charge is -2.06. The number of fused-ring (bicyclic) bond motifs is 1. The molecule has 19 heavy (non-hydrogen) atoms. The molecule has 0 saturated heterocycles. The van der Waals surface area contributed by atoms with Crippen LogP contribution in [-0.2, 0) is 0 Å². The number of halogens is 1. The zero-order valence-electron chi connectivity index (χ0n) is 9.96. The van der Waals surface area contributed by atoms with Gasteiger partial charge in [0, 0.05) is 16.0 Å². The van der Waals surface area contributed by atoms with Crippen molar-refractivity contribution in [2.24, 2.45) is 0 Å². The number of imidazole rings is 1. The summed E-state index contributed by atoms with van der Waals surface area (Å²) in [5.74, 6) is 1.03. The zero-order chi connectivity index (χ0) is 13.4. The van der Waals surface area contributed by atoms with Crippen LogP contribution < -0.4 is 4.74 Å². The van der Waals surface area contributed by atoms with Gasteiger partial charge in [-0.2, -0.15) is 4.98 Å². The Kier molecular flexibility index (Phi) is 3.12. The van der Waals surface area contributed by atoms with Crippen LogP contribution in [0, 0.1) is 6.92 Å². The number of nitrogens with zero attached hydrogens (tertiary/aromatic N) is 2. The number of aldehydes is 1. The molecule has 3 aromatic rings. The third-order valence-corrected chi connectivity index (χ3v) is 3.97. The maximum absolute atomic E-state index is 11.2. The fourth-order valence-corrected chi connectivity index (χ4v) is 2.99. The normalized spacial score (nSPS) is 10.8. The summed E-state index contributed by atoms with van der Waals surface area (Å²) in [6, 6.07) is 5.69. The predicted molar refractivity (Wildman–Crippen MR) is 77.4 cm³/mol. The van der Waals surface area contributed by atoms with Crippen LogP contribution in [-0.4, -0.2) is 15.7 Å². The molecule has 0 spiro atoms. The Balaban J connectivity index is 2.05. The van der Waals surface area contributed by atoms with Crippen molar-refractivity contribution in [3.05, 3.63) is 45.5 Å². The molecule has 0 unspecified atom stereocenters. The Morgan fingerprint density at radius 3 is 3.05 bits per heavy atom. The maximum atomic E-state index is 11.2. The highest BCUT2D eigenvalue weighted by Gasteiger charge is 2.15. The van der Waals surface area contributed by atoms with Crippen molar-refractivity contribution in [2.75, 3.05) is 0 Å². The number of ether oxygens (including phenoxy) is 1. The van der Waals surface area contributed by atoms with E-state index in [-0.39, 0.29) is 0 Å². The monoisotopic (exact) mass is 336 g/mol. The van der Waals surface area contributed by atoms with E-state index in [1.165, 1.54) is 11.3 Å². The molecular weight excluding hydrogens is 328 g/mol. The summed E-state index contributed by atoms with van der Waals surface area (Å²) in [5.41, 5.74) is 1.40. The third-order valence-electron chi connectivity index (χ3n) is 2.72. The van der Waals surface area contributed by atoms with Crippen molar-refractivity contribution >= 4 is 38.5 Å². The molecule has 0 radical (unpaired) electrons. The molecule has 0 fully saturated rings. The van der Waals surface area contributed by atoms with Crippen LogP contribution >= 0.6 is 27.3 Å². The first-order chi connectivity index (χ1) is 9.19. The van der Waals surface area contributed by atoms with Gasteiger partial charge in [0.2, 0.25) is 5.88 Å². The molecule has 0 aliphatic heterocycles. The molecule has 0 aliphatic rings. The zero-order valence-corrected chi connectivity index (χ0v) is 12.4. The van der Waals surface area contributed by atoms with E-state index in [2.05, 4.69) is 20.9 Å². The Morgan fingerprint density at radius 2 is 2.32 bits per heavy atom. The maximum Gasteiger partial charge on any atom is 0.250 e. The number of carbonyl (C=O) groups is 1. The van der Waals surface area contributed by atoms with Gasteiger partial charge < -0.3 is 4.74 Å². The van der Waals surface area contributed by atoms with E-state index >= 15 is 0 Å². The van der Waals surface area contributed by atoms with Gasteiger partial charge in [0.25, 0.3) is 0 Å². The number of aromatic nitrogens is 2. The van der Waals surface area contributed by atoms with Crippen molar-refractivity contribution < 1.29 is 9.53 Å². The molecule has 0 N–H and O–H groups in total. The number of carbonyl (C=O) groups excluding carboxylic acids is 1. The predicted octanol–water partition coefficient (Wildman–Crippen LogP) is 4.07. The smallest absolute Gasteiger partial charge is 0.250 e. The molecule has 4 nitrogen and oxygen atoms in total. The number of thiazole rings is 1. The molecule has 0 aliphatic carbocycles. The highest BCUT2D eigenvalue weighted by atomic mass is 79.9. The number of hydrogen-bond acceptors (Lipinski definition) is 4. The topological polar surface area (TPSA) is 43.6 Å². The Labute approximate surface area is 121 Å². The average molecular weight is 337 g/mol. The molecule has 1 aromatic carbocycles. The average Bonchev–Trinajstić information content (AvgIpc) is 2.92. The van der Waals surface area contributed by atoms with E-state index in [1.807, 2.05) is 30.5 Å².